The molecule has 1 unspecified atom stereocenters. The van der Waals surface area contributed by atoms with Gasteiger partial charge in [-0.1, -0.05) is 6.07 Å². The molecule has 0 aromatic heterocycles. The van der Waals surface area contributed by atoms with Crippen LogP contribution in [0.3, 0.4) is 0 Å². The summed E-state index contributed by atoms with van der Waals surface area (Å²) in [5.74, 6) is -0.498. The van der Waals surface area contributed by atoms with E-state index in [-0.39, 0.29) is 18.4 Å². The maximum atomic E-state index is 12.1. The average molecular weight is 263 g/mol. The topological polar surface area (TPSA) is 93.5 Å². The molecule has 0 aliphatic carbocycles. The minimum absolute atomic E-state index is 0.206. The molecule has 1 aliphatic heterocycles. The summed E-state index contributed by atoms with van der Waals surface area (Å²) in [4.78, 5) is 23.6. The molecule has 4 N–H and O–H groups in total. The van der Waals surface area contributed by atoms with E-state index in [1.54, 1.807) is 31.3 Å². The predicted molar refractivity (Wildman–Crippen MR) is 70.8 cm³/mol. The summed E-state index contributed by atoms with van der Waals surface area (Å²) in [5.41, 5.74) is 6.00. The van der Waals surface area contributed by atoms with Gasteiger partial charge in [0, 0.05) is 24.9 Å². The maximum Gasteiger partial charge on any atom is 0.251 e. The highest BCUT2D eigenvalue weighted by molar-refractivity contribution is 6.00. The Bertz CT molecular complexity index is 496. The molecule has 0 saturated carbocycles. The van der Waals surface area contributed by atoms with E-state index in [0.29, 0.717) is 24.3 Å². The average Bonchev–Trinajstić information content (AvgIpc) is 2.86. The largest absolute Gasteiger partial charge is 0.379 e. The second-order valence-corrected chi connectivity index (χ2v) is 4.57. The molecule has 1 aliphatic rings. The van der Waals surface area contributed by atoms with Gasteiger partial charge in [-0.3, -0.25) is 9.59 Å². The predicted octanol–water partition coefficient (Wildman–Crippen LogP) is 0.103. The van der Waals surface area contributed by atoms with E-state index in [2.05, 4.69) is 10.6 Å². The number of amides is 2. The summed E-state index contributed by atoms with van der Waals surface area (Å²) in [5, 5.41) is 5.25. The molecule has 1 aromatic rings. The molecule has 0 bridgehead atoms. The SMILES string of the molecule is CNC(=O)c1cccc(NC(=O)C2(N)CCOC2)c1. The number of benzene rings is 1. The fourth-order valence-corrected chi connectivity index (χ4v) is 1.90. The van der Waals surface area contributed by atoms with Gasteiger partial charge in [-0.05, 0) is 24.6 Å². The third-order valence-electron chi connectivity index (χ3n) is 3.11. The van der Waals surface area contributed by atoms with Crippen LogP contribution in [0.2, 0.25) is 0 Å². The molecule has 102 valence electrons. The van der Waals surface area contributed by atoms with Crippen LogP contribution in [0, 0.1) is 0 Å². The number of ether oxygens (including phenoxy) is 1. The lowest BCUT2D eigenvalue weighted by molar-refractivity contribution is -0.121. The minimum Gasteiger partial charge on any atom is -0.379 e. The van der Waals surface area contributed by atoms with E-state index in [1.807, 2.05) is 0 Å². The molecule has 0 radical (unpaired) electrons. The van der Waals surface area contributed by atoms with E-state index in [4.69, 9.17) is 10.5 Å². The number of carbonyl (C=O) groups is 2. The Labute approximate surface area is 111 Å². The summed E-state index contributed by atoms with van der Waals surface area (Å²) >= 11 is 0. The molecule has 6 heteroatoms. The summed E-state index contributed by atoms with van der Waals surface area (Å²) < 4.78 is 5.15. The zero-order valence-electron chi connectivity index (χ0n) is 10.7. The number of anilines is 1. The molecule has 2 rings (SSSR count). The van der Waals surface area contributed by atoms with Gasteiger partial charge in [0.15, 0.2) is 0 Å². The number of hydrogen-bond acceptors (Lipinski definition) is 4. The summed E-state index contributed by atoms with van der Waals surface area (Å²) in [6.45, 7) is 0.705. The van der Waals surface area contributed by atoms with Crippen LogP contribution in [0.1, 0.15) is 16.8 Å². The minimum atomic E-state index is -0.983. The smallest absolute Gasteiger partial charge is 0.251 e. The first-order valence-electron chi connectivity index (χ1n) is 6.05. The van der Waals surface area contributed by atoms with Crippen LogP contribution < -0.4 is 16.4 Å². The Morgan fingerprint density at radius 3 is 2.84 bits per heavy atom. The Kier molecular flexibility index (Phi) is 3.82. The van der Waals surface area contributed by atoms with Crippen LogP contribution >= 0.6 is 0 Å². The van der Waals surface area contributed by atoms with Crippen molar-refractivity contribution in [1.82, 2.24) is 5.32 Å². The third kappa shape index (κ3) is 2.91. The lowest BCUT2D eigenvalue weighted by atomic mass is 9.99. The lowest BCUT2D eigenvalue weighted by Gasteiger charge is -2.20. The number of nitrogens with two attached hydrogens (primary N) is 1. The first kappa shape index (κ1) is 13.5. The van der Waals surface area contributed by atoms with Crippen molar-refractivity contribution in [3.63, 3.8) is 0 Å². The molecule has 19 heavy (non-hydrogen) atoms. The van der Waals surface area contributed by atoms with E-state index < -0.39 is 5.54 Å². The van der Waals surface area contributed by atoms with Gasteiger partial charge in [0.2, 0.25) is 5.91 Å². The first-order valence-corrected chi connectivity index (χ1v) is 6.05. The van der Waals surface area contributed by atoms with Crippen LogP contribution in [-0.2, 0) is 9.53 Å². The maximum absolute atomic E-state index is 12.1. The van der Waals surface area contributed by atoms with Gasteiger partial charge in [0.25, 0.3) is 5.91 Å². The van der Waals surface area contributed by atoms with E-state index in [0.717, 1.165) is 0 Å². The second kappa shape index (κ2) is 5.38. The van der Waals surface area contributed by atoms with Gasteiger partial charge in [0.05, 0.1) is 6.61 Å². The van der Waals surface area contributed by atoms with Crippen molar-refractivity contribution in [1.29, 1.82) is 0 Å². The Hall–Kier alpha value is -1.92. The normalized spacial score (nSPS) is 22.0. The van der Waals surface area contributed by atoms with Crippen molar-refractivity contribution in [2.45, 2.75) is 12.0 Å². The molecule has 6 nitrogen and oxygen atoms in total. The van der Waals surface area contributed by atoms with Crippen molar-refractivity contribution >= 4 is 17.5 Å². The summed E-state index contributed by atoms with van der Waals surface area (Å²) in [6.07, 6.45) is 0.494. The van der Waals surface area contributed by atoms with Crippen molar-refractivity contribution in [2.24, 2.45) is 5.73 Å². The number of carbonyl (C=O) groups excluding carboxylic acids is 2. The molecule has 1 fully saturated rings. The molecular formula is C13H17N3O3. The van der Waals surface area contributed by atoms with Crippen LogP contribution in [0.15, 0.2) is 24.3 Å². The van der Waals surface area contributed by atoms with Gasteiger partial charge in [-0.25, -0.2) is 0 Å². The molecule has 1 aromatic carbocycles. The zero-order valence-corrected chi connectivity index (χ0v) is 10.7. The van der Waals surface area contributed by atoms with E-state index >= 15 is 0 Å². The monoisotopic (exact) mass is 263 g/mol. The fourth-order valence-electron chi connectivity index (χ4n) is 1.90. The fraction of sp³-hybridized carbons (Fsp3) is 0.385. The highest BCUT2D eigenvalue weighted by Gasteiger charge is 2.38. The standard InChI is InChI=1S/C13H17N3O3/c1-15-11(17)9-3-2-4-10(7-9)16-12(18)13(14)5-6-19-8-13/h2-4,7H,5-6,8,14H2,1H3,(H,15,17)(H,16,18). The summed E-state index contributed by atoms with van der Waals surface area (Å²) in [6, 6.07) is 6.69. The molecule has 1 saturated heterocycles. The van der Waals surface area contributed by atoms with Gasteiger partial charge in [-0.15, -0.1) is 0 Å². The quantitative estimate of drug-likeness (QED) is 0.721. The van der Waals surface area contributed by atoms with Crippen LogP contribution in [0.4, 0.5) is 5.69 Å². The van der Waals surface area contributed by atoms with Crippen molar-refractivity contribution in [3.8, 4) is 0 Å². The molecule has 1 heterocycles. The summed E-state index contributed by atoms with van der Waals surface area (Å²) in [7, 11) is 1.55. The van der Waals surface area contributed by atoms with Gasteiger partial charge in [-0.2, -0.15) is 0 Å². The Morgan fingerprint density at radius 1 is 1.42 bits per heavy atom. The highest BCUT2D eigenvalue weighted by atomic mass is 16.5. The van der Waals surface area contributed by atoms with Crippen LogP contribution in [0.5, 0.6) is 0 Å². The third-order valence-corrected chi connectivity index (χ3v) is 3.11. The number of nitrogens with one attached hydrogen (secondary N) is 2. The molecular weight excluding hydrogens is 246 g/mol. The lowest BCUT2D eigenvalue weighted by Crippen LogP contribution is -2.51. The van der Waals surface area contributed by atoms with Crippen molar-refractivity contribution in [2.75, 3.05) is 25.6 Å². The number of rotatable bonds is 3. The van der Waals surface area contributed by atoms with Crippen molar-refractivity contribution < 1.29 is 14.3 Å². The molecule has 1 atom stereocenters. The van der Waals surface area contributed by atoms with Crippen molar-refractivity contribution in [3.05, 3.63) is 29.8 Å². The first-order chi connectivity index (χ1) is 9.05. The van der Waals surface area contributed by atoms with Gasteiger partial charge < -0.3 is 21.1 Å². The Balaban J connectivity index is 2.11. The van der Waals surface area contributed by atoms with Gasteiger partial charge >= 0.3 is 0 Å². The second-order valence-electron chi connectivity index (χ2n) is 4.57. The molecule has 0 spiro atoms. The van der Waals surface area contributed by atoms with Gasteiger partial charge in [0.1, 0.15) is 5.54 Å². The van der Waals surface area contributed by atoms with E-state index in [1.165, 1.54) is 0 Å². The highest BCUT2D eigenvalue weighted by Crippen LogP contribution is 2.19. The zero-order chi connectivity index (χ0) is 13.9. The molecule has 2 amide bonds. The Morgan fingerprint density at radius 2 is 2.21 bits per heavy atom. The number of hydrogen-bond donors (Lipinski definition) is 3. The van der Waals surface area contributed by atoms with Crippen LogP contribution in [-0.4, -0.2) is 37.6 Å². The van der Waals surface area contributed by atoms with E-state index in [9.17, 15) is 9.59 Å². The van der Waals surface area contributed by atoms with Crippen LogP contribution in [0.25, 0.3) is 0 Å².